The predicted molar refractivity (Wildman–Crippen MR) is 138 cm³/mol. The lowest BCUT2D eigenvalue weighted by atomic mass is 9.66. The minimum Gasteiger partial charge on any atom is -0.497 e. The summed E-state index contributed by atoms with van der Waals surface area (Å²) in [6.07, 6.45) is 4.50. The maximum absolute atomic E-state index is 13.3. The van der Waals surface area contributed by atoms with Crippen LogP contribution in [0.5, 0.6) is 11.5 Å². The van der Waals surface area contributed by atoms with E-state index in [0.717, 1.165) is 59.2 Å². The van der Waals surface area contributed by atoms with Crippen LogP contribution in [0.2, 0.25) is 0 Å². The van der Waals surface area contributed by atoms with E-state index in [1.807, 2.05) is 60.7 Å². The van der Waals surface area contributed by atoms with Gasteiger partial charge in [-0.1, -0.05) is 49.2 Å². The van der Waals surface area contributed by atoms with Gasteiger partial charge in [-0.25, -0.2) is 0 Å². The zero-order valence-electron chi connectivity index (χ0n) is 20.5. The van der Waals surface area contributed by atoms with E-state index in [1.54, 1.807) is 14.2 Å². The van der Waals surface area contributed by atoms with Crippen LogP contribution >= 0.6 is 0 Å². The summed E-state index contributed by atoms with van der Waals surface area (Å²) in [5.41, 5.74) is 1.06. The van der Waals surface area contributed by atoms with Gasteiger partial charge < -0.3 is 19.9 Å². The molecular formula is C29H34N2O4. The normalized spacial score (nSPS) is 24.5. The molecule has 3 atom stereocenters. The molecule has 6 nitrogen and oxygen atoms in total. The van der Waals surface area contributed by atoms with Crippen LogP contribution in [0.15, 0.2) is 60.7 Å². The molecule has 0 spiro atoms. The third kappa shape index (κ3) is 4.60. The molecule has 0 bridgehead atoms. The van der Waals surface area contributed by atoms with Gasteiger partial charge in [-0.3, -0.25) is 9.69 Å². The summed E-state index contributed by atoms with van der Waals surface area (Å²) < 4.78 is 11.3. The van der Waals surface area contributed by atoms with Crippen LogP contribution < -0.4 is 14.8 Å². The number of aliphatic hydroxyl groups is 1. The number of methoxy groups -OCH3 is 2. The Bertz CT molecular complexity index is 1210. The number of nitrogens with zero attached hydrogens (tertiary/aromatic N) is 1. The van der Waals surface area contributed by atoms with Crippen LogP contribution in [-0.2, 0) is 4.79 Å². The van der Waals surface area contributed by atoms with E-state index in [4.69, 9.17) is 9.47 Å². The summed E-state index contributed by atoms with van der Waals surface area (Å²) in [4.78, 5) is 15.6. The number of fused-ring (bicyclic) bond motifs is 2. The van der Waals surface area contributed by atoms with E-state index in [2.05, 4.69) is 10.2 Å². The number of nitrogens with one attached hydrogen (secondary N) is 1. The van der Waals surface area contributed by atoms with Crippen molar-refractivity contribution in [1.29, 1.82) is 0 Å². The fraction of sp³-hybridized carbons (Fsp3) is 0.414. The molecule has 1 aliphatic heterocycles. The number of anilines is 1. The molecule has 6 heteroatoms. The molecule has 1 saturated heterocycles. The predicted octanol–water partition coefficient (Wildman–Crippen LogP) is 5.16. The van der Waals surface area contributed by atoms with Crippen molar-refractivity contribution in [3.8, 4) is 11.5 Å². The van der Waals surface area contributed by atoms with E-state index < -0.39 is 5.60 Å². The summed E-state index contributed by atoms with van der Waals surface area (Å²) >= 11 is 0. The first kappa shape index (κ1) is 23.6. The first-order valence-corrected chi connectivity index (χ1v) is 12.5. The van der Waals surface area contributed by atoms with Crippen molar-refractivity contribution in [2.45, 2.75) is 43.7 Å². The van der Waals surface area contributed by atoms with Crippen molar-refractivity contribution in [2.75, 3.05) is 32.6 Å². The number of piperidine rings is 1. The lowest BCUT2D eigenvalue weighted by Crippen LogP contribution is -2.56. The number of likely N-dealkylation sites (tertiary alicyclic amines) is 1. The van der Waals surface area contributed by atoms with E-state index >= 15 is 0 Å². The van der Waals surface area contributed by atoms with Gasteiger partial charge in [0.25, 0.3) is 0 Å². The molecule has 1 heterocycles. The second kappa shape index (κ2) is 9.88. The summed E-state index contributed by atoms with van der Waals surface area (Å²) in [7, 11) is 3.32. The molecule has 3 aromatic rings. The minimum absolute atomic E-state index is 0.0244. The summed E-state index contributed by atoms with van der Waals surface area (Å²) in [6, 6.07) is 19.7. The molecule has 1 amide bonds. The van der Waals surface area contributed by atoms with Crippen molar-refractivity contribution in [3.63, 3.8) is 0 Å². The highest BCUT2D eigenvalue weighted by atomic mass is 16.5. The summed E-state index contributed by atoms with van der Waals surface area (Å²) in [5.74, 6) is 1.46. The highest BCUT2D eigenvalue weighted by molar-refractivity contribution is 6.02. The molecule has 3 aromatic carbocycles. The Labute approximate surface area is 206 Å². The summed E-state index contributed by atoms with van der Waals surface area (Å²) in [6.45, 7) is 0.877. The number of hydrogen-bond acceptors (Lipinski definition) is 5. The highest BCUT2D eigenvalue weighted by Gasteiger charge is 2.50. The Morgan fingerprint density at radius 1 is 1.06 bits per heavy atom. The molecule has 35 heavy (non-hydrogen) atoms. The second-order valence-electron chi connectivity index (χ2n) is 9.80. The van der Waals surface area contributed by atoms with Crippen molar-refractivity contribution >= 4 is 22.4 Å². The van der Waals surface area contributed by atoms with Gasteiger partial charge in [0.05, 0.1) is 26.4 Å². The van der Waals surface area contributed by atoms with Crippen molar-refractivity contribution in [1.82, 2.24) is 4.90 Å². The molecular weight excluding hydrogens is 440 g/mol. The standard InChI is InChI=1S/C29H34N2O4/c1-34-21-13-14-26(35-2)23(18-21)28-24-11-5-6-15-29(24,33)16-17-31(28)19-27(32)30-25-12-7-9-20-8-3-4-10-22(20)25/h3-4,7-10,12-14,18,24,28,33H,5-6,11,15-17,19H2,1-2H3,(H,30,32). The quantitative estimate of drug-likeness (QED) is 0.516. The maximum Gasteiger partial charge on any atom is 0.238 e. The zero-order chi connectivity index (χ0) is 24.4. The first-order chi connectivity index (χ1) is 17.0. The average Bonchev–Trinajstić information content (AvgIpc) is 2.88. The van der Waals surface area contributed by atoms with E-state index in [1.165, 1.54) is 0 Å². The van der Waals surface area contributed by atoms with Crippen LogP contribution in [0.1, 0.15) is 43.7 Å². The third-order valence-electron chi connectivity index (χ3n) is 7.84. The number of carbonyl (C=O) groups is 1. The Kier molecular flexibility index (Phi) is 6.67. The minimum atomic E-state index is -0.723. The van der Waals surface area contributed by atoms with Crippen molar-refractivity contribution in [3.05, 3.63) is 66.2 Å². The number of amides is 1. The lowest BCUT2D eigenvalue weighted by molar-refractivity contribution is -0.135. The van der Waals surface area contributed by atoms with Crippen LogP contribution in [0.25, 0.3) is 10.8 Å². The molecule has 5 rings (SSSR count). The SMILES string of the molecule is COc1ccc(OC)c(C2C3CCCCC3(O)CCN2CC(=O)Nc2cccc3ccccc23)c1. The van der Waals surface area contributed by atoms with Crippen LogP contribution in [0.3, 0.4) is 0 Å². The van der Waals surface area contributed by atoms with E-state index in [-0.39, 0.29) is 24.4 Å². The second-order valence-corrected chi connectivity index (χ2v) is 9.80. The Morgan fingerprint density at radius 3 is 2.71 bits per heavy atom. The number of ether oxygens (including phenoxy) is 2. The molecule has 2 N–H and O–H groups in total. The Morgan fingerprint density at radius 2 is 1.89 bits per heavy atom. The number of hydrogen-bond donors (Lipinski definition) is 2. The van der Waals surface area contributed by atoms with Crippen LogP contribution in [0.4, 0.5) is 5.69 Å². The molecule has 0 radical (unpaired) electrons. The van der Waals surface area contributed by atoms with Gasteiger partial charge in [-0.2, -0.15) is 0 Å². The smallest absolute Gasteiger partial charge is 0.238 e. The number of benzene rings is 3. The molecule has 1 saturated carbocycles. The highest BCUT2D eigenvalue weighted by Crippen LogP contribution is 2.51. The van der Waals surface area contributed by atoms with Gasteiger partial charge in [-0.15, -0.1) is 0 Å². The van der Waals surface area contributed by atoms with Gasteiger partial charge in [0.15, 0.2) is 0 Å². The Hall–Kier alpha value is -3.09. The molecule has 1 aliphatic carbocycles. The van der Waals surface area contributed by atoms with Crippen molar-refractivity contribution < 1.29 is 19.4 Å². The van der Waals surface area contributed by atoms with Gasteiger partial charge >= 0.3 is 0 Å². The topological polar surface area (TPSA) is 71.0 Å². The Balaban J connectivity index is 1.46. The molecule has 2 aliphatic rings. The molecule has 184 valence electrons. The molecule has 0 aromatic heterocycles. The fourth-order valence-corrected chi connectivity index (χ4v) is 6.11. The summed E-state index contributed by atoms with van der Waals surface area (Å²) in [5, 5.41) is 16.9. The van der Waals surface area contributed by atoms with Gasteiger partial charge in [0, 0.05) is 35.1 Å². The fourth-order valence-electron chi connectivity index (χ4n) is 6.11. The average molecular weight is 475 g/mol. The number of rotatable bonds is 6. The van der Waals surface area contributed by atoms with Crippen LogP contribution in [0, 0.1) is 5.92 Å². The molecule has 3 unspecified atom stereocenters. The lowest BCUT2D eigenvalue weighted by Gasteiger charge is -2.52. The molecule has 2 fully saturated rings. The number of carbonyl (C=O) groups excluding carboxylic acids is 1. The van der Waals surface area contributed by atoms with Gasteiger partial charge in [0.1, 0.15) is 11.5 Å². The van der Waals surface area contributed by atoms with E-state index in [0.29, 0.717) is 13.0 Å². The van der Waals surface area contributed by atoms with Crippen molar-refractivity contribution in [2.24, 2.45) is 5.92 Å². The van der Waals surface area contributed by atoms with E-state index in [9.17, 15) is 9.90 Å². The van der Waals surface area contributed by atoms with Crippen LogP contribution in [-0.4, -0.2) is 48.8 Å². The monoisotopic (exact) mass is 474 g/mol. The van der Waals surface area contributed by atoms with Gasteiger partial charge in [0.2, 0.25) is 5.91 Å². The third-order valence-corrected chi connectivity index (χ3v) is 7.84. The first-order valence-electron chi connectivity index (χ1n) is 12.5. The zero-order valence-corrected chi connectivity index (χ0v) is 20.5. The largest absolute Gasteiger partial charge is 0.497 e. The van der Waals surface area contributed by atoms with Gasteiger partial charge in [-0.05, 0) is 48.9 Å². The maximum atomic E-state index is 13.3.